The van der Waals surface area contributed by atoms with Crippen LogP contribution in [0, 0.1) is 5.92 Å². The predicted octanol–water partition coefficient (Wildman–Crippen LogP) is 4.02. The van der Waals surface area contributed by atoms with Gasteiger partial charge in [-0.05, 0) is 12.0 Å². The summed E-state index contributed by atoms with van der Waals surface area (Å²) in [7, 11) is 0. The Morgan fingerprint density at radius 3 is 2.19 bits per heavy atom. The lowest BCUT2D eigenvalue weighted by atomic mass is 9.72. The van der Waals surface area contributed by atoms with Crippen molar-refractivity contribution >= 4 is 11.6 Å². The fourth-order valence-corrected chi connectivity index (χ4v) is 3.19. The normalized spacial score (nSPS) is 22.0. The summed E-state index contributed by atoms with van der Waals surface area (Å²) in [5, 5.41) is 0. The molecule has 2 heteroatoms. The van der Waals surface area contributed by atoms with E-state index in [1.807, 2.05) is 60.7 Å². The summed E-state index contributed by atoms with van der Waals surface area (Å²) in [6.45, 7) is 0. The van der Waals surface area contributed by atoms with Crippen molar-refractivity contribution in [3.8, 4) is 0 Å². The minimum Gasteiger partial charge on any atom is -0.300 e. The number of carbonyl (C=O) groups excluding carboxylic acids is 2. The van der Waals surface area contributed by atoms with Crippen LogP contribution in [0.25, 0.3) is 0 Å². The molecule has 0 bridgehead atoms. The monoisotopic (exact) mass is 278 g/mol. The Bertz CT molecular complexity index is 631. The van der Waals surface area contributed by atoms with E-state index in [2.05, 4.69) is 0 Å². The molecule has 1 saturated carbocycles. The molecule has 0 spiro atoms. The van der Waals surface area contributed by atoms with Gasteiger partial charge in [-0.1, -0.05) is 60.7 Å². The second kappa shape index (κ2) is 6.04. The zero-order chi connectivity index (χ0) is 14.7. The van der Waals surface area contributed by atoms with Crippen LogP contribution in [0.1, 0.15) is 41.1 Å². The fourth-order valence-electron chi connectivity index (χ4n) is 3.19. The van der Waals surface area contributed by atoms with Gasteiger partial charge >= 0.3 is 0 Å². The molecule has 0 saturated heterocycles. The van der Waals surface area contributed by atoms with Crippen LogP contribution in [0.15, 0.2) is 60.7 Å². The Balaban J connectivity index is 1.91. The third kappa shape index (κ3) is 2.94. The molecule has 2 nitrogen and oxygen atoms in total. The molecule has 0 aliphatic heterocycles. The van der Waals surface area contributed by atoms with E-state index >= 15 is 0 Å². The molecule has 1 aliphatic carbocycles. The van der Waals surface area contributed by atoms with E-state index in [-0.39, 0.29) is 23.4 Å². The van der Waals surface area contributed by atoms with Crippen molar-refractivity contribution in [3.05, 3.63) is 71.8 Å². The zero-order valence-electron chi connectivity index (χ0n) is 11.9. The Labute approximate surface area is 124 Å². The minimum atomic E-state index is -0.0903. The fraction of sp³-hybridized carbons (Fsp3) is 0.263. The van der Waals surface area contributed by atoms with Crippen LogP contribution in [-0.2, 0) is 4.79 Å². The number of hydrogen-bond donors (Lipinski definition) is 0. The van der Waals surface area contributed by atoms with Gasteiger partial charge in [-0.3, -0.25) is 9.59 Å². The van der Waals surface area contributed by atoms with Gasteiger partial charge in [0.15, 0.2) is 5.78 Å². The zero-order valence-corrected chi connectivity index (χ0v) is 11.9. The van der Waals surface area contributed by atoms with Crippen LogP contribution < -0.4 is 0 Å². The molecule has 0 radical (unpaired) electrons. The summed E-state index contributed by atoms with van der Waals surface area (Å²) in [4.78, 5) is 24.6. The van der Waals surface area contributed by atoms with Crippen LogP contribution in [0.4, 0.5) is 0 Å². The van der Waals surface area contributed by atoms with E-state index in [4.69, 9.17) is 0 Å². The summed E-state index contributed by atoms with van der Waals surface area (Å²) in [5.41, 5.74) is 1.85. The highest BCUT2D eigenvalue weighted by molar-refractivity contribution is 5.99. The summed E-state index contributed by atoms with van der Waals surface area (Å²) < 4.78 is 0. The third-order valence-electron chi connectivity index (χ3n) is 4.29. The molecule has 2 aromatic carbocycles. The van der Waals surface area contributed by atoms with Crippen molar-refractivity contribution in [2.75, 3.05) is 0 Å². The van der Waals surface area contributed by atoms with E-state index in [9.17, 15) is 9.59 Å². The maximum atomic E-state index is 12.8. The van der Waals surface area contributed by atoms with Gasteiger partial charge in [0.25, 0.3) is 0 Å². The van der Waals surface area contributed by atoms with Crippen molar-refractivity contribution < 1.29 is 9.59 Å². The van der Waals surface area contributed by atoms with Crippen LogP contribution in [0.5, 0.6) is 0 Å². The van der Waals surface area contributed by atoms with Gasteiger partial charge in [-0.2, -0.15) is 0 Å². The highest BCUT2D eigenvalue weighted by Gasteiger charge is 2.35. The van der Waals surface area contributed by atoms with Crippen molar-refractivity contribution in [2.45, 2.75) is 25.2 Å². The molecule has 2 unspecified atom stereocenters. The molecule has 3 rings (SSSR count). The molecule has 106 valence electrons. The summed E-state index contributed by atoms with van der Waals surface area (Å²) >= 11 is 0. The first-order chi connectivity index (χ1) is 10.3. The number of benzene rings is 2. The average Bonchev–Trinajstić information content (AvgIpc) is 2.56. The van der Waals surface area contributed by atoms with Gasteiger partial charge in [0.1, 0.15) is 5.78 Å². The molecule has 0 heterocycles. The number of ketones is 2. The van der Waals surface area contributed by atoms with Gasteiger partial charge in [-0.25, -0.2) is 0 Å². The van der Waals surface area contributed by atoms with Gasteiger partial charge in [-0.15, -0.1) is 0 Å². The van der Waals surface area contributed by atoms with E-state index < -0.39 is 0 Å². The summed E-state index contributed by atoms with van der Waals surface area (Å²) in [6, 6.07) is 19.4. The molecular formula is C19H18O2. The number of carbonyl (C=O) groups is 2. The van der Waals surface area contributed by atoms with E-state index in [1.54, 1.807) is 0 Å². The van der Waals surface area contributed by atoms with Gasteiger partial charge in [0, 0.05) is 30.2 Å². The molecule has 0 N–H and O–H groups in total. The smallest absolute Gasteiger partial charge is 0.166 e. The van der Waals surface area contributed by atoms with Crippen molar-refractivity contribution in [1.82, 2.24) is 0 Å². The quantitative estimate of drug-likeness (QED) is 0.795. The number of rotatable bonds is 3. The second-order valence-corrected chi connectivity index (χ2v) is 5.64. The first-order valence-corrected chi connectivity index (χ1v) is 7.41. The SMILES string of the molecule is O=C1CCC(C(=O)c2ccccc2)C(c2ccccc2)C1. The number of Topliss-reactive ketones (excluding diaryl/α,β-unsaturated/α-hetero) is 2. The van der Waals surface area contributed by atoms with Crippen molar-refractivity contribution in [3.63, 3.8) is 0 Å². The lowest BCUT2D eigenvalue weighted by molar-refractivity contribution is -0.121. The summed E-state index contributed by atoms with van der Waals surface area (Å²) in [6.07, 6.45) is 1.66. The van der Waals surface area contributed by atoms with Gasteiger partial charge < -0.3 is 0 Å². The van der Waals surface area contributed by atoms with E-state index in [1.165, 1.54) is 0 Å². The van der Waals surface area contributed by atoms with E-state index in [0.717, 1.165) is 11.1 Å². The lowest BCUT2D eigenvalue weighted by Gasteiger charge is -2.30. The van der Waals surface area contributed by atoms with Crippen LogP contribution in [-0.4, -0.2) is 11.6 Å². The molecular weight excluding hydrogens is 260 g/mol. The molecule has 2 atom stereocenters. The largest absolute Gasteiger partial charge is 0.300 e. The Hall–Kier alpha value is -2.22. The maximum absolute atomic E-state index is 12.8. The third-order valence-corrected chi connectivity index (χ3v) is 4.29. The molecule has 2 aromatic rings. The lowest BCUT2D eigenvalue weighted by Crippen LogP contribution is -2.29. The molecule has 0 amide bonds. The standard InChI is InChI=1S/C19H18O2/c20-16-11-12-17(19(21)15-9-5-2-6-10-15)18(13-16)14-7-3-1-4-8-14/h1-10,17-18H,11-13H2. The highest BCUT2D eigenvalue weighted by Crippen LogP contribution is 2.38. The molecule has 0 aromatic heterocycles. The van der Waals surface area contributed by atoms with Crippen molar-refractivity contribution in [2.24, 2.45) is 5.92 Å². The first kappa shape index (κ1) is 13.7. The maximum Gasteiger partial charge on any atom is 0.166 e. The van der Waals surface area contributed by atoms with Crippen LogP contribution in [0.2, 0.25) is 0 Å². The Morgan fingerprint density at radius 1 is 0.905 bits per heavy atom. The van der Waals surface area contributed by atoms with E-state index in [0.29, 0.717) is 19.3 Å². The Kier molecular flexibility index (Phi) is 3.96. The first-order valence-electron chi connectivity index (χ1n) is 7.41. The minimum absolute atomic E-state index is 0.0140. The Morgan fingerprint density at radius 2 is 1.52 bits per heavy atom. The second-order valence-electron chi connectivity index (χ2n) is 5.64. The van der Waals surface area contributed by atoms with Crippen LogP contribution >= 0.6 is 0 Å². The van der Waals surface area contributed by atoms with Gasteiger partial charge in [0.05, 0.1) is 0 Å². The summed E-state index contributed by atoms with van der Waals surface area (Å²) in [5.74, 6) is 0.352. The molecule has 1 fully saturated rings. The van der Waals surface area contributed by atoms with Crippen molar-refractivity contribution in [1.29, 1.82) is 0 Å². The average molecular weight is 278 g/mol. The highest BCUT2D eigenvalue weighted by atomic mass is 16.1. The van der Waals surface area contributed by atoms with Crippen LogP contribution in [0.3, 0.4) is 0 Å². The molecule has 1 aliphatic rings. The van der Waals surface area contributed by atoms with Gasteiger partial charge in [0.2, 0.25) is 0 Å². The predicted molar refractivity (Wildman–Crippen MR) is 82.3 cm³/mol. The number of hydrogen-bond acceptors (Lipinski definition) is 2. The topological polar surface area (TPSA) is 34.1 Å². The molecule has 21 heavy (non-hydrogen) atoms.